The largest absolute Gasteiger partial charge is 0.416 e. The topological polar surface area (TPSA) is 120 Å². The molecule has 0 radical (unpaired) electrons. The number of carbonyl (C=O) groups is 1. The van der Waals surface area contributed by atoms with Crippen molar-refractivity contribution in [2.24, 2.45) is 0 Å². The molecule has 260 valence electrons. The SMILES string of the molecule is CC(C)=CC(=O)NCc1cc(-c2nn(CC(O)CN3CCC(N4CCOCC4)CC3)c3c2CN(S(C)(=O)=O)CC3)ccc1C(F)(F)F. The standard InChI is InChI=1S/C32H45F3N6O5S/c1-22(2)16-30(43)36-18-24-17-23(4-5-28(24)32(33,34)35)31-27-21-40(47(3,44)45)11-8-29(27)41(37-31)20-26(42)19-38-9-6-25(7-10-38)39-12-14-46-15-13-39/h4-5,16-17,25-26,42H,6-15,18-21H2,1-3H3,(H,36,43). The molecule has 0 spiro atoms. The Labute approximate surface area is 274 Å². The number of allylic oxidation sites excluding steroid dienone is 1. The Balaban J connectivity index is 1.38. The average Bonchev–Trinajstić information content (AvgIpc) is 3.37. The number of β-amino-alcohol motifs (C(OH)–C–C–N with tert-alkyl or cyclic N) is 1. The number of aliphatic hydroxyl groups is 1. The summed E-state index contributed by atoms with van der Waals surface area (Å²) in [6, 6.07) is 4.16. The van der Waals surface area contributed by atoms with Crippen molar-refractivity contribution in [1.29, 1.82) is 0 Å². The number of hydrogen-bond donors (Lipinski definition) is 2. The Kier molecular flexibility index (Phi) is 11.1. The molecule has 0 saturated carbocycles. The Bertz CT molecular complexity index is 1560. The van der Waals surface area contributed by atoms with Gasteiger partial charge in [0.2, 0.25) is 15.9 Å². The highest BCUT2D eigenvalue weighted by atomic mass is 32.2. The van der Waals surface area contributed by atoms with Crippen LogP contribution < -0.4 is 5.32 Å². The van der Waals surface area contributed by atoms with Crippen LogP contribution >= 0.6 is 0 Å². The molecule has 5 rings (SSSR count). The smallest absolute Gasteiger partial charge is 0.390 e. The second-order valence-corrected chi connectivity index (χ2v) is 14.9. The molecule has 47 heavy (non-hydrogen) atoms. The first-order chi connectivity index (χ1) is 22.2. The van der Waals surface area contributed by atoms with Crippen LogP contribution in [-0.2, 0) is 51.8 Å². The highest BCUT2D eigenvalue weighted by molar-refractivity contribution is 7.88. The van der Waals surface area contributed by atoms with E-state index >= 15 is 0 Å². The molecule has 2 fully saturated rings. The third-order valence-electron chi connectivity index (χ3n) is 9.10. The second-order valence-electron chi connectivity index (χ2n) is 12.9. The normalized spacial score (nSPS) is 19.7. The predicted octanol–water partition coefficient (Wildman–Crippen LogP) is 2.63. The lowest BCUT2D eigenvalue weighted by Gasteiger charge is -2.40. The molecule has 4 heterocycles. The van der Waals surface area contributed by atoms with Crippen LogP contribution in [0, 0.1) is 0 Å². The number of carbonyl (C=O) groups excluding carboxylic acids is 1. The molecule has 1 aromatic heterocycles. The maximum atomic E-state index is 14.0. The Morgan fingerprint density at radius 1 is 1.13 bits per heavy atom. The number of nitrogens with zero attached hydrogens (tertiary/aromatic N) is 5. The zero-order valence-corrected chi connectivity index (χ0v) is 28.0. The van der Waals surface area contributed by atoms with Crippen molar-refractivity contribution in [1.82, 2.24) is 29.2 Å². The number of morpholine rings is 1. The van der Waals surface area contributed by atoms with Gasteiger partial charge in [0, 0.05) is 74.6 Å². The Morgan fingerprint density at radius 3 is 2.47 bits per heavy atom. The fourth-order valence-corrected chi connectivity index (χ4v) is 7.54. The Morgan fingerprint density at radius 2 is 1.83 bits per heavy atom. The second kappa shape index (κ2) is 14.7. The minimum Gasteiger partial charge on any atom is -0.390 e. The Hall–Kier alpha value is -2.82. The number of rotatable bonds is 10. The molecule has 1 aromatic carbocycles. The van der Waals surface area contributed by atoms with Gasteiger partial charge in [0.25, 0.3) is 0 Å². The molecular formula is C32H45F3N6O5S. The number of amides is 1. The summed E-state index contributed by atoms with van der Waals surface area (Å²) in [6.07, 6.45) is -0.596. The van der Waals surface area contributed by atoms with Crippen molar-refractivity contribution in [3.05, 3.63) is 52.2 Å². The lowest BCUT2D eigenvalue weighted by Crippen LogP contribution is -2.50. The van der Waals surface area contributed by atoms with Crippen molar-refractivity contribution in [2.45, 2.75) is 71.1 Å². The van der Waals surface area contributed by atoms with E-state index in [4.69, 9.17) is 9.84 Å². The van der Waals surface area contributed by atoms with Gasteiger partial charge < -0.3 is 20.1 Å². The van der Waals surface area contributed by atoms with Crippen molar-refractivity contribution in [3.8, 4) is 11.3 Å². The maximum absolute atomic E-state index is 14.0. The van der Waals surface area contributed by atoms with Gasteiger partial charge in [-0.3, -0.25) is 14.4 Å². The van der Waals surface area contributed by atoms with Crippen LogP contribution in [0.25, 0.3) is 11.3 Å². The zero-order chi connectivity index (χ0) is 33.9. The van der Waals surface area contributed by atoms with E-state index in [2.05, 4.69) is 15.1 Å². The van der Waals surface area contributed by atoms with Gasteiger partial charge >= 0.3 is 6.18 Å². The molecule has 11 nitrogen and oxygen atoms in total. The number of benzene rings is 1. The first-order valence-corrected chi connectivity index (χ1v) is 17.9. The first kappa shape index (κ1) is 35.5. The van der Waals surface area contributed by atoms with Gasteiger partial charge in [-0.05, 0) is 57.5 Å². The molecule has 2 saturated heterocycles. The van der Waals surface area contributed by atoms with Crippen molar-refractivity contribution < 1.29 is 36.2 Å². The molecule has 15 heteroatoms. The first-order valence-electron chi connectivity index (χ1n) is 16.1. The quantitative estimate of drug-likeness (QED) is 0.368. The van der Waals surface area contributed by atoms with Gasteiger partial charge in [-0.2, -0.15) is 22.6 Å². The molecule has 1 atom stereocenters. The highest BCUT2D eigenvalue weighted by Crippen LogP contribution is 2.37. The predicted molar refractivity (Wildman–Crippen MR) is 171 cm³/mol. The number of hydrogen-bond acceptors (Lipinski definition) is 8. The molecule has 2 aromatic rings. The number of nitrogens with one attached hydrogen (secondary N) is 1. The monoisotopic (exact) mass is 682 g/mol. The fraction of sp³-hybridized carbons (Fsp3) is 0.625. The van der Waals surface area contributed by atoms with Gasteiger partial charge in [-0.25, -0.2) is 8.42 Å². The summed E-state index contributed by atoms with van der Waals surface area (Å²) in [4.78, 5) is 17.0. The summed E-state index contributed by atoms with van der Waals surface area (Å²) in [6.45, 7) is 9.08. The van der Waals surface area contributed by atoms with Gasteiger partial charge in [-0.1, -0.05) is 11.6 Å². The van der Waals surface area contributed by atoms with Crippen LogP contribution in [0.5, 0.6) is 0 Å². The summed E-state index contributed by atoms with van der Waals surface area (Å²) in [5, 5.41) is 18.5. The van der Waals surface area contributed by atoms with E-state index < -0.39 is 33.8 Å². The minimum atomic E-state index is -4.65. The molecular weight excluding hydrogens is 637 g/mol. The van der Waals surface area contributed by atoms with Crippen molar-refractivity contribution in [2.75, 3.05) is 58.7 Å². The third kappa shape index (κ3) is 9.00. The highest BCUT2D eigenvalue weighted by Gasteiger charge is 2.35. The molecule has 2 N–H and O–H groups in total. The van der Waals surface area contributed by atoms with E-state index in [1.54, 1.807) is 18.5 Å². The van der Waals surface area contributed by atoms with Crippen LogP contribution in [-0.4, -0.2) is 114 Å². The summed E-state index contributed by atoms with van der Waals surface area (Å²) in [5.41, 5.74) is 1.78. The van der Waals surface area contributed by atoms with E-state index in [1.165, 1.54) is 22.5 Å². The van der Waals surface area contributed by atoms with Crippen molar-refractivity contribution in [3.63, 3.8) is 0 Å². The number of sulfonamides is 1. The van der Waals surface area contributed by atoms with Gasteiger partial charge in [0.1, 0.15) is 0 Å². The van der Waals surface area contributed by atoms with Crippen LogP contribution in [0.3, 0.4) is 0 Å². The maximum Gasteiger partial charge on any atom is 0.416 e. The van der Waals surface area contributed by atoms with E-state index in [0.717, 1.165) is 70.3 Å². The van der Waals surface area contributed by atoms with Gasteiger partial charge in [0.15, 0.2) is 0 Å². The van der Waals surface area contributed by atoms with Crippen LogP contribution in [0.1, 0.15) is 49.1 Å². The van der Waals surface area contributed by atoms with E-state index in [9.17, 15) is 31.5 Å². The number of likely N-dealkylation sites (tertiary alicyclic amines) is 1. The summed E-state index contributed by atoms with van der Waals surface area (Å²) < 4.78 is 75.4. The number of alkyl halides is 3. The molecule has 3 aliphatic heterocycles. The van der Waals surface area contributed by atoms with Gasteiger partial charge in [0.05, 0.1) is 43.4 Å². The van der Waals surface area contributed by atoms with Crippen LogP contribution in [0.4, 0.5) is 13.2 Å². The summed E-state index contributed by atoms with van der Waals surface area (Å²) in [5.74, 6) is -0.506. The number of fused-ring (bicyclic) bond motifs is 1. The van der Waals surface area contributed by atoms with E-state index in [0.29, 0.717) is 41.4 Å². The lowest BCUT2D eigenvalue weighted by atomic mass is 9.97. The van der Waals surface area contributed by atoms with Crippen LogP contribution in [0.2, 0.25) is 0 Å². The lowest BCUT2D eigenvalue weighted by molar-refractivity contribution is -0.138. The zero-order valence-electron chi connectivity index (χ0n) is 27.2. The molecule has 0 bridgehead atoms. The van der Waals surface area contributed by atoms with E-state index in [1.807, 2.05) is 0 Å². The molecule has 0 aliphatic carbocycles. The average molecular weight is 683 g/mol. The number of aliphatic hydroxyl groups excluding tert-OH is 1. The number of halogens is 3. The fourth-order valence-electron chi connectivity index (χ4n) is 6.76. The molecule has 1 unspecified atom stereocenters. The molecule has 3 aliphatic rings. The van der Waals surface area contributed by atoms with E-state index in [-0.39, 0.29) is 31.7 Å². The number of piperidine rings is 1. The molecule has 1 amide bonds. The van der Waals surface area contributed by atoms with Crippen LogP contribution in [0.15, 0.2) is 29.8 Å². The minimum absolute atomic E-state index is 0.0162. The third-order valence-corrected chi connectivity index (χ3v) is 10.3. The number of aromatic nitrogens is 2. The summed E-state index contributed by atoms with van der Waals surface area (Å²) >= 11 is 0. The number of ether oxygens (including phenoxy) is 1. The summed E-state index contributed by atoms with van der Waals surface area (Å²) in [7, 11) is -3.55. The van der Waals surface area contributed by atoms with Gasteiger partial charge in [-0.15, -0.1) is 0 Å². The van der Waals surface area contributed by atoms with Crippen molar-refractivity contribution >= 4 is 15.9 Å².